The van der Waals surface area contributed by atoms with Crippen LogP contribution in [-0.4, -0.2) is 38.2 Å². The van der Waals surface area contributed by atoms with E-state index in [1.165, 1.54) is 27.5 Å². The SMILES string of the molecule is COC(=O)c1cnc(NC(=O)c2cc(OC)c(Br)c(OC)c2)s1. The van der Waals surface area contributed by atoms with Gasteiger partial charge in [0.05, 0.1) is 27.5 Å². The van der Waals surface area contributed by atoms with Crippen LogP contribution < -0.4 is 14.8 Å². The molecular weight excluding hydrogens is 388 g/mol. The minimum absolute atomic E-state index is 0.288. The van der Waals surface area contributed by atoms with Crippen LogP contribution in [-0.2, 0) is 4.74 Å². The molecule has 0 unspecified atom stereocenters. The predicted octanol–water partition coefficient (Wildman–Crippen LogP) is 2.96. The average Bonchev–Trinajstić information content (AvgIpc) is 3.02. The fourth-order valence-corrected chi connectivity index (χ4v) is 2.98. The molecule has 0 fully saturated rings. The Balaban J connectivity index is 2.24. The van der Waals surface area contributed by atoms with E-state index in [0.717, 1.165) is 11.3 Å². The normalized spacial score (nSPS) is 10.1. The second kappa shape index (κ2) is 7.42. The Hall–Kier alpha value is -2.13. The summed E-state index contributed by atoms with van der Waals surface area (Å²) in [6.07, 6.45) is 1.34. The van der Waals surface area contributed by atoms with Crippen LogP contribution in [0.3, 0.4) is 0 Å². The Morgan fingerprint density at radius 2 is 1.78 bits per heavy atom. The molecule has 1 N–H and O–H groups in total. The van der Waals surface area contributed by atoms with Gasteiger partial charge in [0, 0.05) is 5.56 Å². The summed E-state index contributed by atoms with van der Waals surface area (Å²) >= 11 is 4.36. The van der Waals surface area contributed by atoms with E-state index in [9.17, 15) is 9.59 Å². The number of thiazole rings is 1. The van der Waals surface area contributed by atoms with Crippen molar-refractivity contribution in [3.63, 3.8) is 0 Å². The largest absolute Gasteiger partial charge is 0.495 e. The number of hydrogen-bond acceptors (Lipinski definition) is 7. The Bertz CT molecular complexity index is 722. The maximum absolute atomic E-state index is 12.3. The molecule has 0 aliphatic rings. The molecule has 9 heteroatoms. The van der Waals surface area contributed by atoms with Crippen molar-refractivity contribution in [2.24, 2.45) is 0 Å². The van der Waals surface area contributed by atoms with Crippen LogP contribution in [0.15, 0.2) is 22.8 Å². The molecule has 1 aromatic heterocycles. The number of ether oxygens (including phenoxy) is 3. The second-order valence-electron chi connectivity index (χ2n) is 4.17. The van der Waals surface area contributed by atoms with Crippen LogP contribution in [0.2, 0.25) is 0 Å². The van der Waals surface area contributed by atoms with Crippen LogP contribution in [0.5, 0.6) is 11.5 Å². The molecule has 122 valence electrons. The summed E-state index contributed by atoms with van der Waals surface area (Å²) in [6, 6.07) is 3.13. The van der Waals surface area contributed by atoms with Crippen LogP contribution in [0.1, 0.15) is 20.0 Å². The molecular formula is C14H13BrN2O5S. The number of nitrogens with one attached hydrogen (secondary N) is 1. The zero-order valence-corrected chi connectivity index (χ0v) is 14.9. The third-order valence-electron chi connectivity index (χ3n) is 2.82. The number of rotatable bonds is 5. The molecule has 7 nitrogen and oxygen atoms in total. The zero-order chi connectivity index (χ0) is 17.0. The highest BCUT2D eigenvalue weighted by molar-refractivity contribution is 9.10. The van der Waals surface area contributed by atoms with Crippen molar-refractivity contribution in [3.05, 3.63) is 33.2 Å². The van der Waals surface area contributed by atoms with E-state index in [0.29, 0.717) is 26.4 Å². The Morgan fingerprint density at radius 3 is 2.30 bits per heavy atom. The van der Waals surface area contributed by atoms with Crippen LogP contribution in [0.4, 0.5) is 5.13 Å². The molecule has 0 bridgehead atoms. The van der Waals surface area contributed by atoms with Gasteiger partial charge < -0.3 is 14.2 Å². The number of methoxy groups -OCH3 is 3. The maximum Gasteiger partial charge on any atom is 0.349 e. The number of amides is 1. The Morgan fingerprint density at radius 1 is 1.17 bits per heavy atom. The molecule has 2 rings (SSSR count). The molecule has 1 heterocycles. The fourth-order valence-electron chi connectivity index (χ4n) is 1.70. The molecule has 1 amide bonds. The van der Waals surface area contributed by atoms with E-state index in [2.05, 4.69) is 31.0 Å². The van der Waals surface area contributed by atoms with Crippen molar-refractivity contribution in [2.75, 3.05) is 26.6 Å². The highest BCUT2D eigenvalue weighted by atomic mass is 79.9. The predicted molar refractivity (Wildman–Crippen MR) is 88.7 cm³/mol. The molecule has 0 radical (unpaired) electrons. The minimum atomic E-state index is -0.505. The summed E-state index contributed by atoms with van der Waals surface area (Å²) < 4.78 is 15.6. The monoisotopic (exact) mass is 400 g/mol. The number of benzene rings is 1. The fraction of sp³-hybridized carbons (Fsp3) is 0.214. The number of nitrogens with zero attached hydrogens (tertiary/aromatic N) is 1. The summed E-state index contributed by atoms with van der Waals surface area (Å²) in [4.78, 5) is 28.0. The second-order valence-corrected chi connectivity index (χ2v) is 5.99. The number of halogens is 1. The number of carbonyl (C=O) groups is 2. The first-order valence-electron chi connectivity index (χ1n) is 6.27. The molecule has 0 aliphatic carbocycles. The molecule has 0 atom stereocenters. The van der Waals surface area contributed by atoms with Gasteiger partial charge in [0.25, 0.3) is 5.91 Å². The first-order chi connectivity index (χ1) is 11.0. The third kappa shape index (κ3) is 3.80. The van der Waals surface area contributed by atoms with Crippen LogP contribution in [0.25, 0.3) is 0 Å². The third-order valence-corrected chi connectivity index (χ3v) is 4.49. The number of carbonyl (C=O) groups excluding carboxylic acids is 2. The van der Waals surface area contributed by atoms with Crippen molar-refractivity contribution < 1.29 is 23.8 Å². The first-order valence-corrected chi connectivity index (χ1v) is 7.88. The number of anilines is 1. The quantitative estimate of drug-likeness (QED) is 0.776. The van der Waals surface area contributed by atoms with Gasteiger partial charge in [0.15, 0.2) is 5.13 Å². The van der Waals surface area contributed by atoms with E-state index in [-0.39, 0.29) is 5.13 Å². The lowest BCUT2D eigenvalue weighted by Crippen LogP contribution is -2.12. The molecule has 23 heavy (non-hydrogen) atoms. The van der Waals surface area contributed by atoms with E-state index in [1.54, 1.807) is 12.1 Å². The van der Waals surface area contributed by atoms with Gasteiger partial charge in [-0.1, -0.05) is 11.3 Å². The Labute approximate surface area is 144 Å². The van der Waals surface area contributed by atoms with Gasteiger partial charge in [-0.25, -0.2) is 9.78 Å². The van der Waals surface area contributed by atoms with Gasteiger partial charge in [-0.2, -0.15) is 0 Å². The highest BCUT2D eigenvalue weighted by Gasteiger charge is 2.17. The van der Waals surface area contributed by atoms with Crippen molar-refractivity contribution in [3.8, 4) is 11.5 Å². The van der Waals surface area contributed by atoms with E-state index in [4.69, 9.17) is 9.47 Å². The van der Waals surface area contributed by atoms with Gasteiger partial charge in [-0.05, 0) is 28.1 Å². The van der Waals surface area contributed by atoms with Gasteiger partial charge in [0.2, 0.25) is 0 Å². The zero-order valence-electron chi connectivity index (χ0n) is 12.5. The molecule has 0 aliphatic heterocycles. The van der Waals surface area contributed by atoms with Crippen molar-refractivity contribution in [2.45, 2.75) is 0 Å². The topological polar surface area (TPSA) is 86.8 Å². The summed E-state index contributed by atoms with van der Waals surface area (Å²) in [5.74, 6) is 0.0163. The molecule has 2 aromatic rings. The Kier molecular flexibility index (Phi) is 5.56. The first kappa shape index (κ1) is 17.2. The molecule has 1 aromatic carbocycles. The number of esters is 1. The van der Waals surface area contributed by atoms with Gasteiger partial charge in [-0.3, -0.25) is 10.1 Å². The van der Waals surface area contributed by atoms with E-state index >= 15 is 0 Å². The van der Waals surface area contributed by atoms with E-state index in [1.807, 2.05) is 0 Å². The summed E-state index contributed by atoms with van der Waals surface area (Å²) in [6.45, 7) is 0. The molecule has 0 spiro atoms. The number of hydrogen-bond donors (Lipinski definition) is 1. The van der Waals surface area contributed by atoms with Crippen molar-refractivity contribution in [1.29, 1.82) is 0 Å². The van der Waals surface area contributed by atoms with Crippen molar-refractivity contribution >= 4 is 44.3 Å². The summed E-state index contributed by atoms with van der Waals surface area (Å²) in [7, 11) is 4.26. The lowest BCUT2D eigenvalue weighted by molar-refractivity contribution is 0.0606. The highest BCUT2D eigenvalue weighted by Crippen LogP contribution is 2.35. The molecule has 0 saturated carbocycles. The van der Waals surface area contributed by atoms with Crippen LogP contribution >= 0.6 is 27.3 Å². The van der Waals surface area contributed by atoms with E-state index < -0.39 is 11.9 Å². The standard InChI is InChI=1S/C14H13BrN2O5S/c1-20-8-4-7(5-9(21-2)11(8)15)12(18)17-14-16-6-10(23-14)13(19)22-3/h4-6H,1-3H3,(H,16,17,18). The minimum Gasteiger partial charge on any atom is -0.495 e. The van der Waals surface area contributed by atoms with Gasteiger partial charge >= 0.3 is 5.97 Å². The van der Waals surface area contributed by atoms with Gasteiger partial charge in [-0.15, -0.1) is 0 Å². The lowest BCUT2D eigenvalue weighted by Gasteiger charge is -2.11. The van der Waals surface area contributed by atoms with Crippen molar-refractivity contribution in [1.82, 2.24) is 4.98 Å². The lowest BCUT2D eigenvalue weighted by atomic mass is 10.2. The molecule has 0 saturated heterocycles. The average molecular weight is 401 g/mol. The summed E-state index contributed by atoms with van der Waals surface area (Å²) in [5, 5.41) is 2.90. The summed E-state index contributed by atoms with van der Waals surface area (Å²) in [5.41, 5.74) is 0.330. The smallest absolute Gasteiger partial charge is 0.349 e. The van der Waals surface area contributed by atoms with Crippen LogP contribution in [0, 0.1) is 0 Å². The van der Waals surface area contributed by atoms with Gasteiger partial charge in [0.1, 0.15) is 20.8 Å². The number of aromatic nitrogens is 1. The maximum atomic E-state index is 12.3.